The first-order chi connectivity index (χ1) is 20.3. The van der Waals surface area contributed by atoms with Gasteiger partial charge in [-0.2, -0.15) is 13.2 Å². The number of alkyl halides is 3. The van der Waals surface area contributed by atoms with Crippen molar-refractivity contribution in [1.82, 2.24) is 0 Å². The third kappa shape index (κ3) is 7.47. The Morgan fingerprint density at radius 3 is 2.33 bits per heavy atom. The highest BCUT2D eigenvalue weighted by atomic mass is 19.4. The van der Waals surface area contributed by atoms with E-state index in [9.17, 15) is 37.5 Å². The van der Waals surface area contributed by atoms with E-state index in [0.29, 0.717) is 11.3 Å². The highest BCUT2D eigenvalue weighted by molar-refractivity contribution is 6.08. The molecule has 15 heteroatoms. The molecular weight excluding hydrogens is 577 g/mol. The molecule has 43 heavy (non-hydrogen) atoms. The van der Waals surface area contributed by atoms with E-state index in [1.54, 1.807) is 12.1 Å². The van der Waals surface area contributed by atoms with Gasteiger partial charge in [0.2, 0.25) is 5.60 Å². The van der Waals surface area contributed by atoms with Gasteiger partial charge in [-0.05, 0) is 60.7 Å². The number of nitrogens with two attached hydrogens (primary N) is 2. The molecule has 4 rings (SSSR count). The van der Waals surface area contributed by atoms with Crippen LogP contribution in [0.1, 0.15) is 72.3 Å². The molecule has 1 aliphatic carbocycles. The second kappa shape index (κ2) is 12.5. The fourth-order valence-electron chi connectivity index (χ4n) is 4.98. The molecule has 1 unspecified atom stereocenters. The minimum Gasteiger partial charge on any atom is -0.481 e. The second-order valence-electron chi connectivity index (χ2n) is 10.1. The Balaban J connectivity index is 1.64. The maximum absolute atomic E-state index is 12.9. The van der Waals surface area contributed by atoms with Gasteiger partial charge in [0.1, 0.15) is 5.75 Å². The van der Waals surface area contributed by atoms with Gasteiger partial charge < -0.3 is 30.9 Å². The largest absolute Gasteiger partial charge is 0.491 e. The Labute approximate surface area is 242 Å². The number of carbonyl (C=O) groups excluding carboxylic acids is 3. The predicted molar refractivity (Wildman–Crippen MR) is 144 cm³/mol. The summed E-state index contributed by atoms with van der Waals surface area (Å²) in [5.74, 6) is -7.05. The van der Waals surface area contributed by atoms with Crippen LogP contribution in [0.25, 0.3) is 0 Å². The van der Waals surface area contributed by atoms with Crippen LogP contribution in [0.2, 0.25) is 0 Å². The summed E-state index contributed by atoms with van der Waals surface area (Å²) in [5.41, 5.74) is 9.87. The molecule has 2 aromatic carbocycles. The van der Waals surface area contributed by atoms with Crippen LogP contribution >= 0.6 is 0 Å². The van der Waals surface area contributed by atoms with Crippen molar-refractivity contribution >= 4 is 41.2 Å². The monoisotopic (exact) mass is 604 g/mol. The molecule has 2 aliphatic rings. The van der Waals surface area contributed by atoms with Gasteiger partial charge in [-0.25, -0.2) is 19.4 Å². The number of nitrogens with zero attached hydrogens (tertiary/aromatic N) is 2. The molecule has 1 atom stereocenters. The molecule has 12 nitrogen and oxygen atoms in total. The minimum atomic E-state index is -5.50. The van der Waals surface area contributed by atoms with Gasteiger partial charge in [0.05, 0.1) is 23.4 Å². The van der Waals surface area contributed by atoms with Gasteiger partial charge in [-0.3, -0.25) is 4.79 Å². The van der Waals surface area contributed by atoms with Crippen LogP contribution in [0.4, 0.5) is 18.9 Å². The first kappa shape index (κ1) is 31.0. The number of carboxylic acid groups (broad SMARTS) is 1. The Bertz CT molecular complexity index is 1480. The number of halogens is 3. The molecular formula is C28H27F3N4O8. The topological polar surface area (TPSA) is 193 Å². The molecule has 0 aromatic heterocycles. The standard InChI is InChI=1S/C28H27F3N4O8/c29-28(30,31)25(40)42-24(39)27(14-22(36)37)13-21(35-43-27)20-12-18(10-11-19(20)15-4-2-1-3-5-15)41-23(38)16-6-8-17(9-7-16)34-26(32)33/h6-12,15H,1-5,13-14H2,(H,36,37)(H4,32,33,34). The van der Waals surface area contributed by atoms with E-state index in [1.165, 1.54) is 30.3 Å². The molecule has 1 heterocycles. The lowest BCUT2D eigenvalue weighted by Gasteiger charge is -2.25. The van der Waals surface area contributed by atoms with Gasteiger partial charge in [0.25, 0.3) is 0 Å². The van der Waals surface area contributed by atoms with Crippen molar-refractivity contribution in [3.63, 3.8) is 0 Å². The van der Waals surface area contributed by atoms with Crippen LogP contribution in [0, 0.1) is 0 Å². The summed E-state index contributed by atoms with van der Waals surface area (Å²) in [4.78, 5) is 57.4. The van der Waals surface area contributed by atoms with Gasteiger partial charge >= 0.3 is 30.1 Å². The van der Waals surface area contributed by atoms with Crippen molar-refractivity contribution in [2.75, 3.05) is 0 Å². The smallest absolute Gasteiger partial charge is 0.481 e. The quantitative estimate of drug-likeness (QED) is 0.131. The van der Waals surface area contributed by atoms with Gasteiger partial charge in [0.15, 0.2) is 5.96 Å². The van der Waals surface area contributed by atoms with Crippen LogP contribution in [0.5, 0.6) is 5.75 Å². The molecule has 0 amide bonds. The Kier molecular flexibility index (Phi) is 9.01. The van der Waals surface area contributed by atoms with Crippen LogP contribution in [0.15, 0.2) is 52.6 Å². The first-order valence-corrected chi connectivity index (χ1v) is 13.1. The number of hydrogen-bond acceptors (Lipinski definition) is 9. The average Bonchev–Trinajstić information content (AvgIpc) is 3.37. The van der Waals surface area contributed by atoms with Crippen LogP contribution in [-0.4, -0.2) is 52.4 Å². The Hall–Kier alpha value is -4.95. The fraction of sp³-hybridized carbons (Fsp3) is 0.357. The second-order valence-corrected chi connectivity index (χ2v) is 10.1. The molecule has 0 bridgehead atoms. The maximum Gasteiger partial charge on any atom is 0.491 e. The number of carboxylic acids is 1. The zero-order valence-electron chi connectivity index (χ0n) is 22.6. The summed E-state index contributed by atoms with van der Waals surface area (Å²) < 4.78 is 47.7. The number of aliphatic imine (C=N–C) groups is 1. The number of esters is 3. The normalized spacial score (nSPS) is 18.6. The Morgan fingerprint density at radius 1 is 1.05 bits per heavy atom. The van der Waals surface area contributed by atoms with E-state index < -0.39 is 48.5 Å². The molecule has 228 valence electrons. The maximum atomic E-state index is 12.9. The summed E-state index contributed by atoms with van der Waals surface area (Å²) in [6.07, 6.45) is -2.72. The van der Waals surface area contributed by atoms with E-state index in [2.05, 4.69) is 14.9 Å². The summed E-state index contributed by atoms with van der Waals surface area (Å²) >= 11 is 0. The lowest BCUT2D eigenvalue weighted by molar-refractivity contribution is -0.209. The number of oxime groups is 1. The predicted octanol–water partition coefficient (Wildman–Crippen LogP) is 3.83. The molecule has 1 aliphatic heterocycles. The fourth-order valence-corrected chi connectivity index (χ4v) is 4.98. The first-order valence-electron chi connectivity index (χ1n) is 13.1. The highest BCUT2D eigenvalue weighted by Crippen LogP contribution is 2.40. The minimum absolute atomic E-state index is 0.0118. The lowest BCUT2D eigenvalue weighted by atomic mass is 9.80. The SMILES string of the molecule is NC(N)=Nc1ccc(C(=O)Oc2ccc(C3CCCCC3)c(C3=NOC(CC(=O)O)(C(=O)OC(=O)C(F)(F)F)C3)c2)cc1. The van der Waals surface area contributed by atoms with Gasteiger partial charge in [-0.1, -0.05) is 30.5 Å². The zero-order chi connectivity index (χ0) is 31.4. The number of guanidine groups is 1. The summed E-state index contributed by atoms with van der Waals surface area (Å²) in [6.45, 7) is 0. The summed E-state index contributed by atoms with van der Waals surface area (Å²) in [6, 6.07) is 10.6. The molecule has 0 saturated heterocycles. The van der Waals surface area contributed by atoms with E-state index in [4.69, 9.17) is 21.0 Å². The molecule has 0 spiro atoms. The number of aliphatic carboxylic acids is 1. The molecule has 2 aromatic rings. The zero-order valence-corrected chi connectivity index (χ0v) is 22.6. The third-order valence-corrected chi connectivity index (χ3v) is 6.96. The molecule has 0 radical (unpaired) electrons. The Morgan fingerprint density at radius 2 is 1.72 bits per heavy atom. The molecule has 1 saturated carbocycles. The summed E-state index contributed by atoms with van der Waals surface area (Å²) in [7, 11) is 0. The van der Waals surface area contributed by atoms with E-state index >= 15 is 0 Å². The van der Waals surface area contributed by atoms with Gasteiger partial charge in [0, 0.05) is 12.0 Å². The molecule has 1 fully saturated rings. The van der Waals surface area contributed by atoms with Gasteiger partial charge in [-0.15, -0.1) is 0 Å². The third-order valence-electron chi connectivity index (χ3n) is 6.96. The van der Waals surface area contributed by atoms with E-state index in [-0.39, 0.29) is 28.9 Å². The number of rotatable bonds is 8. The van der Waals surface area contributed by atoms with E-state index in [1.807, 2.05) is 0 Å². The van der Waals surface area contributed by atoms with Crippen molar-refractivity contribution in [1.29, 1.82) is 0 Å². The number of carbonyl (C=O) groups is 4. The molecule has 5 N–H and O–H groups in total. The highest BCUT2D eigenvalue weighted by Gasteiger charge is 2.54. The van der Waals surface area contributed by atoms with Crippen molar-refractivity contribution in [3.05, 3.63) is 59.2 Å². The van der Waals surface area contributed by atoms with Crippen molar-refractivity contribution in [2.45, 2.75) is 62.6 Å². The van der Waals surface area contributed by atoms with Crippen molar-refractivity contribution < 1.29 is 51.8 Å². The van der Waals surface area contributed by atoms with Crippen LogP contribution in [0.3, 0.4) is 0 Å². The van der Waals surface area contributed by atoms with Crippen molar-refractivity contribution in [2.24, 2.45) is 21.6 Å². The lowest BCUT2D eigenvalue weighted by Crippen LogP contribution is -2.45. The van der Waals surface area contributed by atoms with Crippen LogP contribution in [-0.2, 0) is 24.0 Å². The van der Waals surface area contributed by atoms with E-state index in [0.717, 1.165) is 37.7 Å². The number of benzene rings is 2. The number of hydrogen-bond donors (Lipinski definition) is 3. The summed E-state index contributed by atoms with van der Waals surface area (Å²) in [5, 5.41) is 13.2. The number of ether oxygens (including phenoxy) is 2. The van der Waals surface area contributed by atoms with Crippen LogP contribution < -0.4 is 16.2 Å². The average molecular weight is 605 g/mol. The van der Waals surface area contributed by atoms with Crippen molar-refractivity contribution in [3.8, 4) is 5.75 Å².